The molecule has 0 unspecified atom stereocenters. The zero-order valence-electron chi connectivity index (χ0n) is 11.8. The summed E-state index contributed by atoms with van der Waals surface area (Å²) in [6.45, 7) is 13.1. The lowest BCUT2D eigenvalue weighted by Gasteiger charge is -2.33. The maximum absolute atomic E-state index is 4.58. The van der Waals surface area contributed by atoms with Crippen molar-refractivity contribution in [3.05, 3.63) is 17.5 Å². The van der Waals surface area contributed by atoms with Crippen LogP contribution < -0.4 is 5.32 Å². The first-order valence-corrected chi connectivity index (χ1v) is 6.57. The highest BCUT2D eigenvalue weighted by atomic mass is 35.5. The Kier molecular flexibility index (Phi) is 5.63. The Morgan fingerprint density at radius 3 is 2.78 bits per heavy atom. The molecule has 1 aliphatic heterocycles. The molecule has 2 heterocycles. The van der Waals surface area contributed by atoms with Gasteiger partial charge in [0.05, 0.1) is 5.69 Å². The molecule has 0 bridgehead atoms. The second-order valence-electron chi connectivity index (χ2n) is 5.34. The van der Waals surface area contributed by atoms with Crippen molar-refractivity contribution in [2.45, 2.75) is 46.3 Å². The molecule has 1 N–H and O–H groups in total. The molecular weight excluding hydrogens is 248 g/mol. The van der Waals surface area contributed by atoms with Crippen molar-refractivity contribution in [1.82, 2.24) is 20.0 Å². The number of halogens is 1. The Hall–Kier alpha value is -0.580. The summed E-state index contributed by atoms with van der Waals surface area (Å²) >= 11 is 0. The summed E-state index contributed by atoms with van der Waals surface area (Å²) in [5.74, 6) is 0. The van der Waals surface area contributed by atoms with Gasteiger partial charge in [-0.2, -0.15) is 5.10 Å². The molecule has 1 aliphatic rings. The van der Waals surface area contributed by atoms with E-state index in [1.54, 1.807) is 0 Å². The van der Waals surface area contributed by atoms with Crippen molar-refractivity contribution in [3.63, 3.8) is 0 Å². The predicted octanol–water partition coefficient (Wildman–Crippen LogP) is 1.99. The summed E-state index contributed by atoms with van der Waals surface area (Å²) in [4.78, 5) is 2.53. The molecule has 1 aromatic heterocycles. The van der Waals surface area contributed by atoms with Crippen LogP contribution in [0.2, 0.25) is 0 Å². The van der Waals surface area contributed by atoms with Crippen LogP contribution in [0.3, 0.4) is 0 Å². The van der Waals surface area contributed by atoms with Crippen LogP contribution in [0.25, 0.3) is 0 Å². The van der Waals surface area contributed by atoms with E-state index >= 15 is 0 Å². The van der Waals surface area contributed by atoms with Crippen molar-refractivity contribution in [2.24, 2.45) is 0 Å². The number of nitrogens with one attached hydrogen (secondary N) is 1. The SMILES string of the molecule is Cc1nn(C(C)C)cc1CN1CCNC[C@H]1C.Cl. The van der Waals surface area contributed by atoms with Gasteiger partial charge in [-0.05, 0) is 27.7 Å². The second-order valence-corrected chi connectivity index (χ2v) is 5.34. The van der Waals surface area contributed by atoms with Gasteiger partial charge in [-0.1, -0.05) is 0 Å². The minimum absolute atomic E-state index is 0. The Morgan fingerprint density at radius 2 is 2.22 bits per heavy atom. The highest BCUT2D eigenvalue weighted by Crippen LogP contribution is 2.15. The van der Waals surface area contributed by atoms with E-state index < -0.39 is 0 Å². The Bertz CT molecular complexity index is 375. The fraction of sp³-hybridized carbons (Fsp3) is 0.769. The van der Waals surface area contributed by atoms with Crippen molar-refractivity contribution in [2.75, 3.05) is 19.6 Å². The van der Waals surface area contributed by atoms with Crippen LogP contribution in [-0.4, -0.2) is 40.4 Å². The molecule has 2 rings (SSSR count). The van der Waals surface area contributed by atoms with Gasteiger partial charge in [0.1, 0.15) is 0 Å². The molecule has 1 atom stereocenters. The van der Waals surface area contributed by atoms with Gasteiger partial charge < -0.3 is 5.32 Å². The number of rotatable bonds is 3. The van der Waals surface area contributed by atoms with Crippen LogP contribution in [0.4, 0.5) is 0 Å². The summed E-state index contributed by atoms with van der Waals surface area (Å²) in [6.07, 6.45) is 2.20. The number of aromatic nitrogens is 2. The Morgan fingerprint density at radius 1 is 1.50 bits per heavy atom. The van der Waals surface area contributed by atoms with E-state index in [9.17, 15) is 0 Å². The van der Waals surface area contributed by atoms with Crippen molar-refractivity contribution in [1.29, 1.82) is 0 Å². The fourth-order valence-corrected chi connectivity index (χ4v) is 2.28. The predicted molar refractivity (Wildman–Crippen MR) is 77.3 cm³/mol. The highest BCUT2D eigenvalue weighted by Gasteiger charge is 2.19. The number of nitrogens with zero attached hydrogens (tertiary/aromatic N) is 3. The highest BCUT2D eigenvalue weighted by molar-refractivity contribution is 5.85. The van der Waals surface area contributed by atoms with Crippen LogP contribution in [0.1, 0.15) is 38.1 Å². The fourth-order valence-electron chi connectivity index (χ4n) is 2.28. The van der Waals surface area contributed by atoms with Gasteiger partial charge in [0.25, 0.3) is 0 Å². The van der Waals surface area contributed by atoms with Gasteiger partial charge in [-0.25, -0.2) is 0 Å². The molecule has 0 aromatic carbocycles. The lowest BCUT2D eigenvalue weighted by molar-refractivity contribution is 0.165. The molecule has 104 valence electrons. The number of hydrogen-bond donors (Lipinski definition) is 1. The number of aryl methyl sites for hydroxylation is 1. The van der Waals surface area contributed by atoms with Gasteiger partial charge in [0.15, 0.2) is 0 Å². The van der Waals surface area contributed by atoms with Crippen molar-refractivity contribution >= 4 is 12.4 Å². The lowest BCUT2D eigenvalue weighted by Crippen LogP contribution is -2.49. The first kappa shape index (κ1) is 15.5. The molecule has 1 fully saturated rings. The zero-order valence-corrected chi connectivity index (χ0v) is 12.6. The lowest BCUT2D eigenvalue weighted by atomic mass is 10.1. The number of piperazine rings is 1. The average Bonchev–Trinajstić information content (AvgIpc) is 2.64. The smallest absolute Gasteiger partial charge is 0.0638 e. The van der Waals surface area contributed by atoms with Crippen molar-refractivity contribution in [3.8, 4) is 0 Å². The third kappa shape index (κ3) is 3.46. The molecule has 1 aromatic rings. The molecule has 0 radical (unpaired) electrons. The maximum atomic E-state index is 4.58. The molecule has 5 heteroatoms. The van der Waals surface area contributed by atoms with Gasteiger partial charge in [0.2, 0.25) is 0 Å². The third-order valence-corrected chi connectivity index (χ3v) is 3.56. The van der Waals surface area contributed by atoms with Gasteiger partial charge in [-0.15, -0.1) is 12.4 Å². The summed E-state index contributed by atoms with van der Waals surface area (Å²) < 4.78 is 2.07. The summed E-state index contributed by atoms with van der Waals surface area (Å²) in [5, 5.41) is 8.00. The minimum Gasteiger partial charge on any atom is -0.314 e. The van der Waals surface area contributed by atoms with Gasteiger partial charge >= 0.3 is 0 Å². The Labute approximate surface area is 116 Å². The zero-order chi connectivity index (χ0) is 12.4. The van der Waals surface area contributed by atoms with E-state index in [-0.39, 0.29) is 12.4 Å². The van der Waals surface area contributed by atoms with Crippen molar-refractivity contribution < 1.29 is 0 Å². The quantitative estimate of drug-likeness (QED) is 0.914. The summed E-state index contributed by atoms with van der Waals surface area (Å²) in [7, 11) is 0. The molecule has 1 saturated heterocycles. The second kappa shape index (κ2) is 6.55. The first-order chi connectivity index (χ1) is 8.08. The van der Waals surface area contributed by atoms with Crippen LogP contribution in [-0.2, 0) is 6.54 Å². The Balaban J connectivity index is 0.00000162. The number of hydrogen-bond acceptors (Lipinski definition) is 3. The molecule has 0 saturated carbocycles. The molecule has 18 heavy (non-hydrogen) atoms. The molecule has 4 nitrogen and oxygen atoms in total. The minimum atomic E-state index is 0. The van der Waals surface area contributed by atoms with E-state index in [0.29, 0.717) is 12.1 Å². The summed E-state index contributed by atoms with van der Waals surface area (Å²) in [5.41, 5.74) is 2.54. The third-order valence-electron chi connectivity index (χ3n) is 3.56. The molecule has 0 spiro atoms. The van der Waals surface area contributed by atoms with E-state index in [2.05, 4.69) is 53.9 Å². The standard InChI is InChI=1S/C13H24N4.ClH/c1-10(2)17-9-13(12(4)15-17)8-16-6-5-14-7-11(16)3;/h9-11,14H,5-8H2,1-4H3;1H/t11-;/m1./s1. The van der Waals surface area contributed by atoms with Gasteiger partial charge in [-0.3, -0.25) is 9.58 Å². The van der Waals surface area contributed by atoms with E-state index in [1.807, 2.05) is 0 Å². The average molecular weight is 273 g/mol. The van der Waals surface area contributed by atoms with Gasteiger partial charge in [0, 0.05) is 50.0 Å². The van der Waals surface area contributed by atoms with E-state index in [4.69, 9.17) is 0 Å². The molecule has 0 aliphatic carbocycles. The monoisotopic (exact) mass is 272 g/mol. The van der Waals surface area contributed by atoms with Crippen LogP contribution in [0, 0.1) is 6.92 Å². The van der Waals surface area contributed by atoms with Crippen LogP contribution in [0.5, 0.6) is 0 Å². The van der Waals surface area contributed by atoms with E-state index in [0.717, 1.165) is 26.2 Å². The van der Waals surface area contributed by atoms with E-state index in [1.165, 1.54) is 11.3 Å². The largest absolute Gasteiger partial charge is 0.314 e. The van der Waals surface area contributed by atoms with Crippen LogP contribution in [0.15, 0.2) is 6.20 Å². The molecule has 0 amide bonds. The topological polar surface area (TPSA) is 33.1 Å². The normalized spacial score (nSPS) is 21.1. The summed E-state index contributed by atoms with van der Waals surface area (Å²) in [6, 6.07) is 1.06. The van der Waals surface area contributed by atoms with Crippen LogP contribution >= 0.6 is 12.4 Å². The first-order valence-electron chi connectivity index (χ1n) is 6.57. The molecular formula is C13H25ClN4. The maximum Gasteiger partial charge on any atom is 0.0638 e.